The fourth-order valence-electron chi connectivity index (χ4n) is 4.82. The minimum absolute atomic E-state index is 0.00310. The van der Waals surface area contributed by atoms with E-state index >= 15 is 0 Å². The molecule has 0 atom stereocenters. The number of benzene rings is 4. The molecule has 0 bridgehead atoms. The van der Waals surface area contributed by atoms with E-state index < -0.39 is 0 Å². The van der Waals surface area contributed by atoms with Crippen LogP contribution in [0.2, 0.25) is 0 Å². The van der Waals surface area contributed by atoms with Crippen LogP contribution in [0.25, 0.3) is 33.0 Å². The Kier molecular flexibility index (Phi) is 3.74. The van der Waals surface area contributed by atoms with E-state index in [9.17, 15) is 0 Å². The molecule has 0 aromatic heterocycles. The van der Waals surface area contributed by atoms with Gasteiger partial charge in [0.15, 0.2) is 0 Å². The first-order valence-corrected chi connectivity index (χ1v) is 10.2. The summed E-state index contributed by atoms with van der Waals surface area (Å²) in [7, 11) is 0. The summed E-state index contributed by atoms with van der Waals surface area (Å²) in [6.45, 7) is 9.32. The average molecular weight is 363 g/mol. The zero-order valence-corrected chi connectivity index (χ0v) is 17.1. The van der Waals surface area contributed by atoms with Crippen molar-refractivity contribution in [3.8, 4) is 22.3 Å². The van der Waals surface area contributed by atoms with Gasteiger partial charge in [-0.2, -0.15) is 0 Å². The maximum atomic E-state index is 2.45. The van der Waals surface area contributed by atoms with Crippen LogP contribution < -0.4 is 0 Å². The third kappa shape index (κ3) is 2.37. The molecule has 138 valence electrons. The van der Waals surface area contributed by atoms with E-state index in [1.54, 1.807) is 0 Å². The van der Waals surface area contributed by atoms with E-state index in [-0.39, 0.29) is 5.41 Å². The van der Waals surface area contributed by atoms with Gasteiger partial charge in [-0.3, -0.25) is 0 Å². The summed E-state index contributed by atoms with van der Waals surface area (Å²) in [5.41, 5.74) is 9.78. The fourth-order valence-corrected chi connectivity index (χ4v) is 4.82. The van der Waals surface area contributed by atoms with E-state index in [1.165, 1.54) is 49.7 Å². The molecule has 0 heterocycles. The quantitative estimate of drug-likeness (QED) is 0.339. The highest BCUT2D eigenvalue weighted by molar-refractivity contribution is 6.08. The van der Waals surface area contributed by atoms with E-state index in [0.717, 1.165) is 0 Å². The van der Waals surface area contributed by atoms with Crippen molar-refractivity contribution in [2.75, 3.05) is 0 Å². The van der Waals surface area contributed by atoms with Crippen molar-refractivity contribution in [1.29, 1.82) is 0 Å². The second-order valence-electron chi connectivity index (χ2n) is 8.84. The zero-order chi connectivity index (χ0) is 19.5. The summed E-state index contributed by atoms with van der Waals surface area (Å²) in [6.07, 6.45) is 0. The number of rotatable bonds is 2. The highest BCUT2D eigenvalue weighted by atomic mass is 14.4. The van der Waals surface area contributed by atoms with Gasteiger partial charge in [0.2, 0.25) is 0 Å². The molecule has 0 N–H and O–H groups in total. The summed E-state index contributed by atoms with van der Waals surface area (Å²) in [5, 5.41) is 2.70. The van der Waals surface area contributed by atoms with E-state index in [4.69, 9.17) is 0 Å². The van der Waals surface area contributed by atoms with Crippen LogP contribution in [0.3, 0.4) is 0 Å². The number of hydrogen-bond acceptors (Lipinski definition) is 0. The molecule has 0 amide bonds. The Labute approximate surface area is 167 Å². The minimum Gasteiger partial charge on any atom is -0.0622 e. The third-order valence-corrected chi connectivity index (χ3v) is 6.46. The van der Waals surface area contributed by atoms with Crippen molar-refractivity contribution in [3.63, 3.8) is 0 Å². The first-order chi connectivity index (χ1) is 13.5. The third-order valence-electron chi connectivity index (χ3n) is 6.46. The van der Waals surface area contributed by atoms with Gasteiger partial charge in [0, 0.05) is 5.41 Å². The monoisotopic (exact) mass is 362 g/mol. The average Bonchev–Trinajstić information content (AvgIpc) is 2.95. The Hall–Kier alpha value is -2.86. The molecule has 0 nitrogen and oxygen atoms in total. The van der Waals surface area contributed by atoms with Crippen LogP contribution in [-0.2, 0) is 5.41 Å². The standard InChI is InChI=1S/C28H26/c1-18(2)20-14-15-23-25(16-20)28(3,4)26-17-24(19-10-6-5-7-11-19)21-12-8-9-13-22(21)27(23)26/h5-18H,1-4H3. The van der Waals surface area contributed by atoms with Crippen LogP contribution in [0.4, 0.5) is 0 Å². The van der Waals surface area contributed by atoms with Gasteiger partial charge in [-0.1, -0.05) is 100 Å². The summed E-state index contributed by atoms with van der Waals surface area (Å²) in [4.78, 5) is 0. The lowest BCUT2D eigenvalue weighted by atomic mass is 9.80. The van der Waals surface area contributed by atoms with Crippen LogP contribution in [0, 0.1) is 0 Å². The lowest BCUT2D eigenvalue weighted by Crippen LogP contribution is -2.15. The van der Waals surface area contributed by atoms with E-state index in [2.05, 4.69) is 107 Å². The molecule has 0 spiro atoms. The predicted octanol–water partition coefficient (Wildman–Crippen LogP) is 7.94. The van der Waals surface area contributed by atoms with Gasteiger partial charge >= 0.3 is 0 Å². The first-order valence-electron chi connectivity index (χ1n) is 10.2. The molecule has 0 radical (unpaired) electrons. The van der Waals surface area contributed by atoms with Crippen molar-refractivity contribution in [2.24, 2.45) is 0 Å². The van der Waals surface area contributed by atoms with Gasteiger partial charge in [-0.25, -0.2) is 0 Å². The SMILES string of the molecule is CC(C)c1ccc2c(c1)C(C)(C)c1cc(-c3ccccc3)c3ccccc3c1-2. The predicted molar refractivity (Wildman–Crippen MR) is 121 cm³/mol. The van der Waals surface area contributed by atoms with Gasteiger partial charge < -0.3 is 0 Å². The van der Waals surface area contributed by atoms with E-state index in [1.807, 2.05) is 0 Å². The first kappa shape index (κ1) is 17.3. The van der Waals surface area contributed by atoms with Crippen LogP contribution in [0.1, 0.15) is 50.3 Å². The Morgan fingerprint density at radius 3 is 2.04 bits per heavy atom. The van der Waals surface area contributed by atoms with Gasteiger partial charge in [0.25, 0.3) is 0 Å². The topological polar surface area (TPSA) is 0 Å². The Bertz CT molecular complexity index is 1190. The maximum absolute atomic E-state index is 2.45. The molecule has 5 rings (SSSR count). The molecule has 4 aromatic carbocycles. The zero-order valence-electron chi connectivity index (χ0n) is 17.1. The van der Waals surface area contributed by atoms with Crippen molar-refractivity contribution >= 4 is 10.8 Å². The van der Waals surface area contributed by atoms with E-state index in [0.29, 0.717) is 5.92 Å². The summed E-state index contributed by atoms with van der Waals surface area (Å²) in [6, 6.07) is 29.2. The lowest BCUT2D eigenvalue weighted by molar-refractivity contribution is 0.658. The van der Waals surface area contributed by atoms with Crippen molar-refractivity contribution in [2.45, 2.75) is 39.0 Å². The second kappa shape index (κ2) is 6.07. The second-order valence-corrected chi connectivity index (χ2v) is 8.84. The van der Waals surface area contributed by atoms with Crippen molar-refractivity contribution in [3.05, 3.63) is 95.6 Å². The lowest BCUT2D eigenvalue weighted by Gasteiger charge is -2.23. The highest BCUT2D eigenvalue weighted by Gasteiger charge is 2.37. The summed E-state index contributed by atoms with van der Waals surface area (Å²) < 4.78 is 0. The summed E-state index contributed by atoms with van der Waals surface area (Å²) >= 11 is 0. The van der Waals surface area contributed by atoms with Gasteiger partial charge in [-0.05, 0) is 61.7 Å². The fraction of sp³-hybridized carbons (Fsp3) is 0.214. The summed E-state index contributed by atoms with van der Waals surface area (Å²) in [5.74, 6) is 0.543. The molecule has 0 saturated carbocycles. The van der Waals surface area contributed by atoms with Gasteiger partial charge in [0.1, 0.15) is 0 Å². The molecule has 28 heavy (non-hydrogen) atoms. The largest absolute Gasteiger partial charge is 0.0622 e. The molecule has 0 unspecified atom stereocenters. The molecular formula is C28H26. The molecule has 0 heteroatoms. The van der Waals surface area contributed by atoms with Crippen LogP contribution >= 0.6 is 0 Å². The maximum Gasteiger partial charge on any atom is 0.0159 e. The van der Waals surface area contributed by atoms with Gasteiger partial charge in [0.05, 0.1) is 0 Å². The van der Waals surface area contributed by atoms with Crippen LogP contribution in [0.5, 0.6) is 0 Å². The normalized spacial score (nSPS) is 14.3. The smallest absolute Gasteiger partial charge is 0.0159 e. The molecule has 0 saturated heterocycles. The molecule has 0 fully saturated rings. The Morgan fingerprint density at radius 1 is 0.643 bits per heavy atom. The van der Waals surface area contributed by atoms with Crippen molar-refractivity contribution in [1.82, 2.24) is 0 Å². The molecular weight excluding hydrogens is 336 g/mol. The molecule has 1 aliphatic carbocycles. The molecule has 4 aromatic rings. The van der Waals surface area contributed by atoms with Crippen LogP contribution in [0.15, 0.2) is 78.9 Å². The van der Waals surface area contributed by atoms with Gasteiger partial charge in [-0.15, -0.1) is 0 Å². The molecule has 0 aliphatic heterocycles. The molecule has 1 aliphatic rings. The Morgan fingerprint density at radius 2 is 1.32 bits per heavy atom. The Balaban J connectivity index is 1.88. The minimum atomic E-state index is 0.00310. The number of fused-ring (bicyclic) bond motifs is 5. The van der Waals surface area contributed by atoms with Crippen molar-refractivity contribution < 1.29 is 0 Å². The van der Waals surface area contributed by atoms with Crippen LogP contribution in [-0.4, -0.2) is 0 Å². The number of hydrogen-bond donors (Lipinski definition) is 0. The highest BCUT2D eigenvalue weighted by Crippen LogP contribution is 2.53.